The topological polar surface area (TPSA) is 87.8 Å². The van der Waals surface area contributed by atoms with Crippen molar-refractivity contribution >= 4 is 18.2 Å². The van der Waals surface area contributed by atoms with Crippen LogP contribution in [-0.2, 0) is 6.54 Å². The second-order valence-corrected chi connectivity index (χ2v) is 5.55. The number of hydrogen-bond acceptors (Lipinski definition) is 3. The number of carbonyl (C=O) groups excluding carboxylic acids is 2. The number of nitrogens with zero attached hydrogens (tertiary/aromatic N) is 2. The third-order valence-electron chi connectivity index (χ3n) is 3.84. The van der Waals surface area contributed by atoms with Crippen LogP contribution in [0.3, 0.4) is 0 Å². The molecule has 0 saturated carbocycles. The van der Waals surface area contributed by atoms with E-state index >= 15 is 0 Å². The molecular weight excluding hydrogens is 316 g/mol. The molecule has 1 atom stereocenters. The van der Waals surface area contributed by atoms with Gasteiger partial charge in [-0.3, -0.25) is 14.7 Å². The number of urea groups is 1. The largest absolute Gasteiger partial charge is 0.366 e. The lowest BCUT2D eigenvalue weighted by atomic mass is 10.1. The van der Waals surface area contributed by atoms with Gasteiger partial charge >= 0.3 is 6.03 Å². The maximum atomic E-state index is 12.5. The Labute approximate surface area is 145 Å². The van der Waals surface area contributed by atoms with Crippen molar-refractivity contribution in [2.45, 2.75) is 12.7 Å². The van der Waals surface area contributed by atoms with Crippen molar-refractivity contribution < 1.29 is 9.59 Å². The van der Waals surface area contributed by atoms with E-state index < -0.39 is 5.91 Å². The smallest absolute Gasteiger partial charge is 0.323 e. The van der Waals surface area contributed by atoms with Gasteiger partial charge in [0, 0.05) is 24.5 Å². The number of carbonyl (C=O) groups is 2. The summed E-state index contributed by atoms with van der Waals surface area (Å²) in [6, 6.07) is 16.2. The Morgan fingerprint density at radius 3 is 2.48 bits per heavy atom. The third kappa shape index (κ3) is 3.92. The molecule has 1 unspecified atom stereocenters. The molecular formula is C19H18N4O2. The molecule has 0 saturated heterocycles. The predicted octanol–water partition coefficient (Wildman–Crippen LogP) is 2.59. The number of allylic oxidation sites excluding steroid dienone is 1. The Balaban J connectivity index is 1.66. The SMILES string of the molecule is NC(=O)c1ccc(CNC(=O)N2C=CC=NC2c2ccccc2)cc1. The van der Waals surface area contributed by atoms with Crippen LogP contribution in [0.4, 0.5) is 4.79 Å². The lowest BCUT2D eigenvalue weighted by Crippen LogP contribution is -2.39. The van der Waals surface area contributed by atoms with Crippen LogP contribution in [-0.4, -0.2) is 23.1 Å². The van der Waals surface area contributed by atoms with Crippen LogP contribution in [0.5, 0.6) is 0 Å². The van der Waals surface area contributed by atoms with Crippen LogP contribution >= 0.6 is 0 Å². The number of rotatable bonds is 4. The van der Waals surface area contributed by atoms with Crippen molar-refractivity contribution in [2.75, 3.05) is 0 Å². The zero-order valence-electron chi connectivity index (χ0n) is 13.5. The van der Waals surface area contributed by atoms with E-state index in [1.807, 2.05) is 30.3 Å². The molecule has 126 valence electrons. The van der Waals surface area contributed by atoms with E-state index in [-0.39, 0.29) is 12.2 Å². The average molecular weight is 334 g/mol. The van der Waals surface area contributed by atoms with Crippen LogP contribution in [0.2, 0.25) is 0 Å². The lowest BCUT2D eigenvalue weighted by Gasteiger charge is -2.28. The third-order valence-corrected chi connectivity index (χ3v) is 3.84. The fourth-order valence-corrected chi connectivity index (χ4v) is 2.52. The van der Waals surface area contributed by atoms with Crippen molar-refractivity contribution in [3.05, 3.63) is 83.6 Å². The standard InChI is InChI=1S/C19H18N4O2/c20-17(24)15-9-7-14(8-10-15)13-22-19(25)23-12-4-11-21-18(23)16-5-2-1-3-6-16/h1-12,18H,13H2,(H2,20,24)(H,22,25). The molecule has 0 aromatic heterocycles. The van der Waals surface area contributed by atoms with Crippen molar-refractivity contribution in [3.8, 4) is 0 Å². The summed E-state index contributed by atoms with van der Waals surface area (Å²) in [6.45, 7) is 0.341. The Kier molecular flexibility index (Phi) is 4.89. The molecule has 0 bridgehead atoms. The molecule has 2 aromatic carbocycles. The predicted molar refractivity (Wildman–Crippen MR) is 95.8 cm³/mol. The molecule has 1 aliphatic rings. The Morgan fingerprint density at radius 2 is 1.80 bits per heavy atom. The molecule has 3 N–H and O–H groups in total. The van der Waals surface area contributed by atoms with Crippen LogP contribution < -0.4 is 11.1 Å². The number of nitrogens with one attached hydrogen (secondary N) is 1. The summed E-state index contributed by atoms with van der Waals surface area (Å²) in [5, 5.41) is 2.86. The van der Waals surface area contributed by atoms with Crippen molar-refractivity contribution in [2.24, 2.45) is 10.7 Å². The molecule has 25 heavy (non-hydrogen) atoms. The van der Waals surface area contributed by atoms with Gasteiger partial charge in [0.1, 0.15) is 0 Å². The first kappa shape index (κ1) is 16.4. The molecule has 3 amide bonds. The number of primary amides is 1. The highest BCUT2D eigenvalue weighted by Gasteiger charge is 2.23. The summed E-state index contributed by atoms with van der Waals surface area (Å²) in [6.07, 6.45) is 4.73. The van der Waals surface area contributed by atoms with E-state index in [4.69, 9.17) is 5.73 Å². The maximum Gasteiger partial charge on any atom is 0.323 e. The first-order valence-corrected chi connectivity index (χ1v) is 7.85. The fraction of sp³-hybridized carbons (Fsp3) is 0.105. The van der Waals surface area contributed by atoms with Gasteiger partial charge in [-0.25, -0.2) is 4.79 Å². The number of nitrogens with two attached hydrogens (primary N) is 1. The molecule has 1 heterocycles. The Bertz CT molecular complexity index is 813. The second-order valence-electron chi connectivity index (χ2n) is 5.55. The van der Waals surface area contributed by atoms with Gasteiger partial charge in [0.15, 0.2) is 6.17 Å². The Hall–Kier alpha value is -3.41. The van der Waals surface area contributed by atoms with E-state index in [0.29, 0.717) is 12.1 Å². The van der Waals surface area contributed by atoms with Crippen molar-refractivity contribution in [3.63, 3.8) is 0 Å². The highest BCUT2D eigenvalue weighted by atomic mass is 16.2. The zero-order chi connectivity index (χ0) is 17.6. The molecule has 0 spiro atoms. The highest BCUT2D eigenvalue weighted by molar-refractivity contribution is 5.92. The first-order valence-electron chi connectivity index (χ1n) is 7.85. The molecule has 6 nitrogen and oxygen atoms in total. The van der Waals surface area contributed by atoms with Crippen LogP contribution in [0.25, 0.3) is 0 Å². The number of aliphatic imine (C=N–C) groups is 1. The van der Waals surface area contributed by atoms with E-state index in [9.17, 15) is 9.59 Å². The molecule has 6 heteroatoms. The molecule has 1 aliphatic heterocycles. The average Bonchev–Trinajstić information content (AvgIpc) is 2.67. The number of benzene rings is 2. The zero-order valence-corrected chi connectivity index (χ0v) is 13.5. The van der Waals surface area contributed by atoms with E-state index in [1.165, 1.54) is 0 Å². The minimum Gasteiger partial charge on any atom is -0.366 e. The summed E-state index contributed by atoms with van der Waals surface area (Å²) in [5.41, 5.74) is 7.46. The monoisotopic (exact) mass is 334 g/mol. The van der Waals surface area contributed by atoms with Crippen LogP contribution in [0.1, 0.15) is 27.7 Å². The number of hydrogen-bond donors (Lipinski definition) is 2. The van der Waals surface area contributed by atoms with Crippen molar-refractivity contribution in [1.82, 2.24) is 10.2 Å². The summed E-state index contributed by atoms with van der Waals surface area (Å²) >= 11 is 0. The normalized spacial score (nSPS) is 15.8. The fourth-order valence-electron chi connectivity index (χ4n) is 2.52. The minimum atomic E-state index is -0.474. The van der Waals surface area contributed by atoms with Gasteiger partial charge in [0.05, 0.1) is 0 Å². The van der Waals surface area contributed by atoms with Gasteiger partial charge < -0.3 is 11.1 Å². The minimum absolute atomic E-state index is 0.249. The number of amides is 3. The van der Waals surface area contributed by atoms with Gasteiger partial charge in [0.25, 0.3) is 0 Å². The molecule has 0 radical (unpaired) electrons. The maximum absolute atomic E-state index is 12.5. The van der Waals surface area contributed by atoms with Crippen LogP contribution in [0.15, 0.2) is 71.9 Å². The summed E-state index contributed by atoms with van der Waals surface area (Å²) in [5.74, 6) is -0.474. The molecule has 0 fully saturated rings. The molecule has 0 aliphatic carbocycles. The van der Waals surface area contributed by atoms with Gasteiger partial charge in [0.2, 0.25) is 5.91 Å². The van der Waals surface area contributed by atoms with Crippen LogP contribution in [0, 0.1) is 0 Å². The van der Waals surface area contributed by atoms with E-state index in [2.05, 4.69) is 10.3 Å². The van der Waals surface area contributed by atoms with E-state index in [1.54, 1.807) is 47.7 Å². The summed E-state index contributed by atoms with van der Waals surface area (Å²) in [7, 11) is 0. The van der Waals surface area contributed by atoms with Gasteiger partial charge in [-0.05, 0) is 29.3 Å². The van der Waals surface area contributed by atoms with Gasteiger partial charge in [-0.15, -0.1) is 0 Å². The van der Waals surface area contributed by atoms with Gasteiger partial charge in [-0.1, -0.05) is 42.5 Å². The summed E-state index contributed by atoms with van der Waals surface area (Å²) < 4.78 is 0. The quantitative estimate of drug-likeness (QED) is 0.900. The molecule has 3 rings (SSSR count). The Morgan fingerprint density at radius 1 is 1.08 bits per heavy atom. The second kappa shape index (κ2) is 7.44. The van der Waals surface area contributed by atoms with Gasteiger partial charge in [-0.2, -0.15) is 0 Å². The first-order chi connectivity index (χ1) is 12.1. The lowest BCUT2D eigenvalue weighted by molar-refractivity contribution is 0.1000. The summed E-state index contributed by atoms with van der Waals surface area (Å²) in [4.78, 5) is 29.6. The van der Waals surface area contributed by atoms with Crippen molar-refractivity contribution in [1.29, 1.82) is 0 Å². The van der Waals surface area contributed by atoms with E-state index in [0.717, 1.165) is 11.1 Å². The highest BCUT2D eigenvalue weighted by Crippen LogP contribution is 2.24. The molecule has 2 aromatic rings.